The number of aromatic amines is 1. The molecule has 0 radical (unpaired) electrons. The second-order valence-corrected chi connectivity index (χ2v) is 2.97. The first-order valence-corrected chi connectivity index (χ1v) is 4.56. The zero-order valence-electron chi connectivity index (χ0n) is 7.34. The Kier molecular flexibility index (Phi) is 4.19. The van der Waals surface area contributed by atoms with Crippen molar-refractivity contribution in [3.63, 3.8) is 0 Å². The average molecular weight is 239 g/mol. The molecular weight excluding hydrogens is 231 g/mol. The van der Waals surface area contributed by atoms with Crippen LogP contribution >= 0.6 is 23.2 Å². The standard InChI is InChI=1S/C7H8Cl2N2O3/c1-2-13-3-14-7(12)6-10-4(8)5(9)11-6/h2-3H2,1H3,(H,10,11). The third kappa shape index (κ3) is 2.87. The molecule has 1 heterocycles. The molecule has 5 nitrogen and oxygen atoms in total. The van der Waals surface area contributed by atoms with E-state index in [0.717, 1.165) is 0 Å². The number of nitrogens with zero attached hydrogens (tertiary/aromatic N) is 1. The van der Waals surface area contributed by atoms with Gasteiger partial charge in [-0.1, -0.05) is 23.2 Å². The lowest BCUT2D eigenvalue weighted by Gasteiger charge is -2.00. The highest BCUT2D eigenvalue weighted by molar-refractivity contribution is 6.40. The van der Waals surface area contributed by atoms with Crippen LogP contribution in [0.5, 0.6) is 0 Å². The van der Waals surface area contributed by atoms with Crippen molar-refractivity contribution in [3.05, 3.63) is 16.1 Å². The van der Waals surface area contributed by atoms with Crippen LogP contribution in [0.4, 0.5) is 0 Å². The molecular formula is C7H8Cl2N2O3. The molecule has 0 spiro atoms. The molecule has 1 aromatic rings. The zero-order chi connectivity index (χ0) is 10.6. The van der Waals surface area contributed by atoms with E-state index in [9.17, 15) is 4.79 Å². The van der Waals surface area contributed by atoms with Gasteiger partial charge in [-0.3, -0.25) is 0 Å². The van der Waals surface area contributed by atoms with E-state index in [2.05, 4.69) is 14.7 Å². The van der Waals surface area contributed by atoms with Crippen molar-refractivity contribution in [2.45, 2.75) is 6.92 Å². The monoisotopic (exact) mass is 238 g/mol. The summed E-state index contributed by atoms with van der Waals surface area (Å²) in [7, 11) is 0. The number of halogens is 2. The fourth-order valence-electron chi connectivity index (χ4n) is 0.674. The third-order valence-electron chi connectivity index (χ3n) is 1.29. The molecule has 0 amide bonds. The summed E-state index contributed by atoms with van der Waals surface area (Å²) in [5, 5.41) is 0.144. The summed E-state index contributed by atoms with van der Waals surface area (Å²) in [5.74, 6) is -0.702. The smallest absolute Gasteiger partial charge is 0.376 e. The molecule has 0 atom stereocenters. The first-order chi connectivity index (χ1) is 6.65. The van der Waals surface area contributed by atoms with E-state index in [1.165, 1.54) is 0 Å². The Morgan fingerprint density at radius 3 is 2.79 bits per heavy atom. The predicted molar refractivity (Wildman–Crippen MR) is 50.5 cm³/mol. The van der Waals surface area contributed by atoms with Crippen LogP contribution in [-0.2, 0) is 9.47 Å². The average Bonchev–Trinajstić information content (AvgIpc) is 2.47. The van der Waals surface area contributed by atoms with Crippen LogP contribution in [0.2, 0.25) is 10.3 Å². The molecule has 14 heavy (non-hydrogen) atoms. The van der Waals surface area contributed by atoms with Gasteiger partial charge in [-0.05, 0) is 6.92 Å². The highest BCUT2D eigenvalue weighted by Crippen LogP contribution is 2.17. The van der Waals surface area contributed by atoms with Gasteiger partial charge in [0.05, 0.1) is 0 Å². The number of carbonyl (C=O) groups excluding carboxylic acids is 1. The molecule has 0 fully saturated rings. The van der Waals surface area contributed by atoms with E-state index in [-0.39, 0.29) is 22.9 Å². The van der Waals surface area contributed by atoms with E-state index < -0.39 is 5.97 Å². The molecule has 0 unspecified atom stereocenters. The number of esters is 1. The Balaban J connectivity index is 2.52. The van der Waals surface area contributed by atoms with Gasteiger partial charge in [-0.15, -0.1) is 0 Å². The minimum Gasteiger partial charge on any atom is -0.433 e. The first-order valence-electron chi connectivity index (χ1n) is 3.81. The second kappa shape index (κ2) is 5.19. The highest BCUT2D eigenvalue weighted by atomic mass is 35.5. The molecule has 1 aromatic heterocycles. The van der Waals surface area contributed by atoms with E-state index in [4.69, 9.17) is 27.9 Å². The summed E-state index contributed by atoms with van der Waals surface area (Å²) in [6, 6.07) is 0. The number of rotatable bonds is 4. The summed E-state index contributed by atoms with van der Waals surface area (Å²) in [6.45, 7) is 2.13. The molecule has 1 N–H and O–H groups in total. The molecule has 0 aromatic carbocycles. The molecule has 78 valence electrons. The Morgan fingerprint density at radius 1 is 1.57 bits per heavy atom. The first kappa shape index (κ1) is 11.3. The van der Waals surface area contributed by atoms with Gasteiger partial charge in [0.15, 0.2) is 11.9 Å². The van der Waals surface area contributed by atoms with Gasteiger partial charge in [0.1, 0.15) is 5.15 Å². The fourth-order valence-corrected chi connectivity index (χ4v) is 0.938. The SMILES string of the molecule is CCOCOC(=O)c1nc(Cl)c(Cl)[nH]1. The van der Waals surface area contributed by atoms with Gasteiger partial charge in [-0.25, -0.2) is 9.78 Å². The molecule has 7 heteroatoms. The lowest BCUT2D eigenvalue weighted by atomic mass is 10.6. The van der Waals surface area contributed by atoms with Crippen molar-refractivity contribution in [2.75, 3.05) is 13.4 Å². The van der Waals surface area contributed by atoms with Crippen LogP contribution in [0, 0.1) is 0 Å². The molecule has 0 aliphatic heterocycles. The maximum absolute atomic E-state index is 11.2. The molecule has 0 aliphatic rings. The Morgan fingerprint density at radius 2 is 2.29 bits per heavy atom. The number of aromatic nitrogens is 2. The van der Waals surface area contributed by atoms with Crippen LogP contribution in [0.3, 0.4) is 0 Å². The number of H-pyrrole nitrogens is 1. The summed E-state index contributed by atoms with van der Waals surface area (Å²) in [4.78, 5) is 17.3. The van der Waals surface area contributed by atoms with E-state index >= 15 is 0 Å². The van der Waals surface area contributed by atoms with Gasteiger partial charge in [0.2, 0.25) is 5.82 Å². The van der Waals surface area contributed by atoms with Crippen molar-refractivity contribution in [1.29, 1.82) is 0 Å². The van der Waals surface area contributed by atoms with Crippen LogP contribution in [0.1, 0.15) is 17.5 Å². The van der Waals surface area contributed by atoms with Gasteiger partial charge in [0, 0.05) is 6.61 Å². The predicted octanol–water partition coefficient (Wildman–Crippen LogP) is 1.87. The lowest BCUT2D eigenvalue weighted by molar-refractivity contribution is -0.0282. The normalized spacial score (nSPS) is 10.2. The largest absolute Gasteiger partial charge is 0.433 e. The number of ether oxygens (including phenoxy) is 2. The van der Waals surface area contributed by atoms with E-state index in [1.807, 2.05) is 0 Å². The van der Waals surface area contributed by atoms with Crippen molar-refractivity contribution < 1.29 is 14.3 Å². The maximum atomic E-state index is 11.2. The van der Waals surface area contributed by atoms with Crippen LogP contribution in [0.25, 0.3) is 0 Å². The van der Waals surface area contributed by atoms with Crippen molar-refractivity contribution in [2.24, 2.45) is 0 Å². The van der Waals surface area contributed by atoms with Crippen molar-refractivity contribution in [1.82, 2.24) is 9.97 Å². The minimum atomic E-state index is -0.660. The lowest BCUT2D eigenvalue weighted by Crippen LogP contribution is -2.10. The number of nitrogens with one attached hydrogen (secondary N) is 1. The molecule has 1 rings (SSSR count). The van der Waals surface area contributed by atoms with Crippen LogP contribution in [-0.4, -0.2) is 29.3 Å². The van der Waals surface area contributed by atoms with Gasteiger partial charge >= 0.3 is 5.97 Å². The summed E-state index contributed by atoms with van der Waals surface area (Å²) >= 11 is 11.1. The van der Waals surface area contributed by atoms with Crippen LogP contribution in [0.15, 0.2) is 0 Å². The fraction of sp³-hybridized carbons (Fsp3) is 0.429. The Bertz CT molecular complexity index is 307. The van der Waals surface area contributed by atoms with Crippen molar-refractivity contribution >= 4 is 29.2 Å². The topological polar surface area (TPSA) is 64.2 Å². The Labute approximate surface area is 90.3 Å². The zero-order valence-corrected chi connectivity index (χ0v) is 8.85. The molecule has 0 saturated carbocycles. The number of imidazole rings is 1. The van der Waals surface area contributed by atoms with Gasteiger partial charge in [-0.2, -0.15) is 0 Å². The highest BCUT2D eigenvalue weighted by Gasteiger charge is 2.14. The summed E-state index contributed by atoms with van der Waals surface area (Å²) in [5.41, 5.74) is 0. The summed E-state index contributed by atoms with van der Waals surface area (Å²) < 4.78 is 9.48. The quantitative estimate of drug-likeness (QED) is 0.494. The molecule has 0 bridgehead atoms. The van der Waals surface area contributed by atoms with E-state index in [0.29, 0.717) is 6.61 Å². The van der Waals surface area contributed by atoms with Crippen LogP contribution < -0.4 is 0 Å². The maximum Gasteiger partial charge on any atom is 0.376 e. The second-order valence-electron chi connectivity index (χ2n) is 2.23. The van der Waals surface area contributed by atoms with Crippen molar-refractivity contribution in [3.8, 4) is 0 Å². The van der Waals surface area contributed by atoms with E-state index in [1.54, 1.807) is 6.92 Å². The number of hydrogen-bond donors (Lipinski definition) is 1. The minimum absolute atomic E-state index is 0.0371. The molecule has 0 saturated heterocycles. The third-order valence-corrected chi connectivity index (χ3v) is 1.93. The molecule has 0 aliphatic carbocycles. The number of hydrogen-bond acceptors (Lipinski definition) is 4. The van der Waals surface area contributed by atoms with Gasteiger partial charge < -0.3 is 14.5 Å². The Hall–Kier alpha value is -0.780. The number of carbonyl (C=O) groups is 1. The van der Waals surface area contributed by atoms with Gasteiger partial charge in [0.25, 0.3) is 0 Å². The summed E-state index contributed by atoms with van der Waals surface area (Å²) in [6.07, 6.45) is 0.